The predicted molar refractivity (Wildman–Crippen MR) is 127 cm³/mol. The second-order valence-electron chi connectivity index (χ2n) is 8.48. The van der Waals surface area contributed by atoms with E-state index in [1.165, 1.54) is 43.6 Å². The van der Waals surface area contributed by atoms with Gasteiger partial charge in [0, 0.05) is 35.5 Å². The highest BCUT2D eigenvalue weighted by atomic mass is 79.9. The molecule has 0 spiro atoms. The van der Waals surface area contributed by atoms with Crippen molar-refractivity contribution in [2.24, 2.45) is 5.92 Å². The van der Waals surface area contributed by atoms with E-state index in [1.54, 1.807) is 17.7 Å². The number of hydrogen-bond acceptors (Lipinski definition) is 7. The van der Waals surface area contributed by atoms with Crippen LogP contribution in [0.2, 0.25) is 0 Å². The summed E-state index contributed by atoms with van der Waals surface area (Å²) in [6.07, 6.45) is 8.31. The van der Waals surface area contributed by atoms with E-state index in [1.807, 2.05) is 17.1 Å². The molecule has 3 aromatic heterocycles. The number of rotatable bonds is 9. The number of benzene rings is 1. The summed E-state index contributed by atoms with van der Waals surface area (Å²) in [5, 5.41) is 20.2. The minimum absolute atomic E-state index is 0.0309. The van der Waals surface area contributed by atoms with Gasteiger partial charge in [-0.05, 0) is 69.7 Å². The van der Waals surface area contributed by atoms with Gasteiger partial charge in [0.1, 0.15) is 18.2 Å². The Hall–Kier alpha value is -3.67. The molecule has 1 aliphatic rings. The van der Waals surface area contributed by atoms with Gasteiger partial charge in [-0.1, -0.05) is 0 Å². The molecule has 1 saturated carbocycles. The average Bonchev–Trinajstić information content (AvgIpc) is 3.33. The van der Waals surface area contributed by atoms with Crippen LogP contribution in [0.4, 0.5) is 10.2 Å². The van der Waals surface area contributed by atoms with Crippen molar-refractivity contribution >= 4 is 21.7 Å². The third-order valence-corrected chi connectivity index (χ3v) is 6.18. The molecule has 180 valence electrons. The molecule has 1 atom stereocenters. The molecular weight excluding hydrogens is 521 g/mol. The van der Waals surface area contributed by atoms with Gasteiger partial charge in [0.25, 0.3) is 0 Å². The molecule has 10 nitrogen and oxygen atoms in total. The third-order valence-electron chi connectivity index (χ3n) is 5.75. The predicted octanol–water partition coefficient (Wildman–Crippen LogP) is 4.94. The smallest absolute Gasteiger partial charge is 0.406 e. The molecule has 4 aromatic rings. The average molecular weight is 542 g/mol. The van der Waals surface area contributed by atoms with Crippen LogP contribution in [0.1, 0.15) is 37.0 Å². The van der Waals surface area contributed by atoms with Crippen molar-refractivity contribution in [1.29, 1.82) is 0 Å². The Kier molecular flexibility index (Phi) is 6.29. The van der Waals surface area contributed by atoms with Crippen molar-refractivity contribution in [2.75, 3.05) is 0 Å². The number of nitro groups is 1. The summed E-state index contributed by atoms with van der Waals surface area (Å²) in [6, 6.07) is 5.74. The molecule has 0 saturated heterocycles. The highest BCUT2D eigenvalue weighted by Gasteiger charge is 2.24. The van der Waals surface area contributed by atoms with Crippen LogP contribution in [0.15, 0.2) is 53.7 Å². The van der Waals surface area contributed by atoms with Crippen LogP contribution in [-0.4, -0.2) is 34.5 Å². The first-order valence-electron chi connectivity index (χ1n) is 11.0. The molecule has 0 radical (unpaired) electrons. The molecule has 0 aliphatic heterocycles. The number of aromatic nitrogens is 6. The fourth-order valence-corrected chi connectivity index (χ4v) is 4.19. The summed E-state index contributed by atoms with van der Waals surface area (Å²) < 4.78 is 24.4. The normalized spacial score (nSPS) is 14.1. The van der Waals surface area contributed by atoms with Crippen LogP contribution in [0.5, 0.6) is 5.75 Å². The number of hydrogen-bond donors (Lipinski definition) is 0. The van der Waals surface area contributed by atoms with Crippen LogP contribution in [0.25, 0.3) is 11.4 Å². The van der Waals surface area contributed by atoms with Gasteiger partial charge in [-0.15, -0.1) is 0 Å². The van der Waals surface area contributed by atoms with E-state index in [0.717, 1.165) is 12.1 Å². The third kappa shape index (κ3) is 5.21. The number of pyridine rings is 1. The number of nitrogens with zero attached hydrogens (tertiary/aromatic N) is 7. The summed E-state index contributed by atoms with van der Waals surface area (Å²) in [7, 11) is 0. The molecule has 0 bridgehead atoms. The zero-order valence-corrected chi connectivity index (χ0v) is 20.3. The van der Waals surface area contributed by atoms with Gasteiger partial charge in [-0.2, -0.15) is 10.2 Å². The van der Waals surface area contributed by atoms with Crippen molar-refractivity contribution in [2.45, 2.75) is 39.0 Å². The molecule has 1 fully saturated rings. The largest absolute Gasteiger partial charge is 0.478 e. The van der Waals surface area contributed by atoms with Crippen molar-refractivity contribution in [1.82, 2.24) is 29.5 Å². The van der Waals surface area contributed by atoms with Crippen molar-refractivity contribution in [3.05, 3.63) is 80.7 Å². The molecule has 3 heterocycles. The molecule has 12 heteroatoms. The van der Waals surface area contributed by atoms with Gasteiger partial charge in [-0.3, -0.25) is 4.68 Å². The van der Waals surface area contributed by atoms with Gasteiger partial charge >= 0.3 is 5.82 Å². The highest BCUT2D eigenvalue weighted by molar-refractivity contribution is 9.10. The Labute approximate surface area is 208 Å². The Morgan fingerprint density at radius 2 is 2.09 bits per heavy atom. The maximum absolute atomic E-state index is 14.3. The van der Waals surface area contributed by atoms with E-state index in [4.69, 9.17) is 4.74 Å². The maximum atomic E-state index is 14.3. The fourth-order valence-electron chi connectivity index (χ4n) is 3.88. The molecule has 0 N–H and O–H groups in total. The van der Waals surface area contributed by atoms with Crippen molar-refractivity contribution in [3.63, 3.8) is 0 Å². The molecule has 35 heavy (non-hydrogen) atoms. The molecular formula is C23H21BrFN7O3. The molecule has 1 aromatic carbocycles. The van der Waals surface area contributed by atoms with Crippen LogP contribution in [-0.2, 0) is 13.1 Å². The maximum Gasteiger partial charge on any atom is 0.406 e. The van der Waals surface area contributed by atoms with Crippen LogP contribution in [0, 0.1) is 21.8 Å². The van der Waals surface area contributed by atoms with E-state index in [2.05, 4.69) is 36.1 Å². The van der Waals surface area contributed by atoms with Gasteiger partial charge in [0.2, 0.25) is 5.75 Å². The molecule has 0 unspecified atom stereocenters. The Morgan fingerprint density at radius 1 is 1.26 bits per heavy atom. The minimum atomic E-state index is -0.748. The number of ether oxygens (including phenoxy) is 1. The first-order valence-corrected chi connectivity index (χ1v) is 11.8. The van der Waals surface area contributed by atoms with Crippen LogP contribution >= 0.6 is 15.9 Å². The summed E-state index contributed by atoms with van der Waals surface area (Å²) in [6.45, 7) is 3.04. The van der Waals surface area contributed by atoms with Gasteiger partial charge in [0.15, 0.2) is 12.0 Å². The first-order chi connectivity index (χ1) is 16.9. The summed E-state index contributed by atoms with van der Waals surface area (Å²) in [5.74, 6) is 0.311. The molecule has 5 rings (SSSR count). The zero-order chi connectivity index (χ0) is 24.5. The summed E-state index contributed by atoms with van der Waals surface area (Å²) >= 11 is 3.25. The van der Waals surface area contributed by atoms with Crippen molar-refractivity contribution < 1.29 is 14.1 Å². The lowest BCUT2D eigenvalue weighted by Gasteiger charge is -2.18. The van der Waals surface area contributed by atoms with Gasteiger partial charge in [-0.25, -0.2) is 14.1 Å². The second kappa shape index (κ2) is 9.53. The van der Waals surface area contributed by atoms with E-state index in [9.17, 15) is 14.5 Å². The first kappa shape index (κ1) is 23.1. The van der Waals surface area contributed by atoms with E-state index in [-0.39, 0.29) is 5.75 Å². The topological polar surface area (TPSA) is 114 Å². The SMILES string of the molecule is C[C@@H](Oc1cc(Br)cnc1[N+](=O)[O-])c1cc(F)ccc1-c1ncnn1Cc1cnn(CC2CC2)c1. The highest BCUT2D eigenvalue weighted by Crippen LogP contribution is 2.35. The lowest BCUT2D eigenvalue weighted by Crippen LogP contribution is -2.10. The Morgan fingerprint density at radius 3 is 2.86 bits per heavy atom. The standard InChI is InChI=1S/C23H21BrFN7O3/c1-14(35-21-6-17(24)9-26-23(21)32(33)34)20-7-18(25)4-5-19(20)22-27-13-29-31(22)12-16-8-28-30(11-16)10-15-2-3-15/h4-9,11,13-15H,2-3,10,12H2,1H3/t14-/m1/s1. The van der Waals surface area contributed by atoms with E-state index < -0.39 is 22.7 Å². The van der Waals surface area contributed by atoms with E-state index in [0.29, 0.717) is 33.9 Å². The zero-order valence-electron chi connectivity index (χ0n) is 18.7. The number of halogens is 2. The lowest BCUT2D eigenvalue weighted by molar-refractivity contribution is -0.390. The Balaban J connectivity index is 1.44. The monoisotopic (exact) mass is 541 g/mol. The quantitative estimate of drug-likeness (QED) is 0.217. The van der Waals surface area contributed by atoms with Gasteiger partial charge < -0.3 is 14.9 Å². The Bertz CT molecular complexity index is 1390. The van der Waals surface area contributed by atoms with Crippen molar-refractivity contribution in [3.8, 4) is 17.1 Å². The molecule has 1 aliphatic carbocycles. The van der Waals surface area contributed by atoms with Crippen LogP contribution in [0.3, 0.4) is 0 Å². The van der Waals surface area contributed by atoms with Crippen LogP contribution < -0.4 is 4.74 Å². The summed E-state index contributed by atoms with van der Waals surface area (Å²) in [4.78, 5) is 19.0. The second-order valence-corrected chi connectivity index (χ2v) is 9.40. The lowest BCUT2D eigenvalue weighted by atomic mass is 10.0. The molecule has 0 amide bonds. The fraction of sp³-hybridized carbons (Fsp3) is 0.304. The van der Waals surface area contributed by atoms with E-state index >= 15 is 0 Å². The van der Waals surface area contributed by atoms with Gasteiger partial charge in [0.05, 0.1) is 17.2 Å². The minimum Gasteiger partial charge on any atom is -0.478 e. The summed E-state index contributed by atoms with van der Waals surface area (Å²) in [5.41, 5.74) is 2.05.